The Hall–Kier alpha value is -2.06. The van der Waals surface area contributed by atoms with E-state index in [1.807, 2.05) is 24.3 Å². The fourth-order valence-electron chi connectivity index (χ4n) is 2.75. The second kappa shape index (κ2) is 9.29. The van der Waals surface area contributed by atoms with E-state index in [0.29, 0.717) is 5.70 Å². The second-order valence-corrected chi connectivity index (χ2v) is 6.34. The molecule has 2 aromatic carbocycles. The maximum absolute atomic E-state index is 10.5. The minimum Gasteiger partial charge on any atom is -0.382 e. The summed E-state index contributed by atoms with van der Waals surface area (Å²) in [6.45, 7) is 8.37. The number of unbranched alkanes of at least 4 members (excludes halogenated alkanes) is 1. The minimum absolute atomic E-state index is 0.597. The van der Waals surface area contributed by atoms with E-state index in [4.69, 9.17) is 0 Å². The number of benzene rings is 2. The summed E-state index contributed by atoms with van der Waals surface area (Å²) in [5.41, 5.74) is 5.07. The predicted molar refractivity (Wildman–Crippen MR) is 103 cm³/mol. The molecule has 0 aliphatic carbocycles. The molecule has 0 radical (unpaired) electrons. The minimum atomic E-state index is -0.708. The van der Waals surface area contributed by atoms with Crippen molar-refractivity contribution in [1.29, 1.82) is 0 Å². The van der Waals surface area contributed by atoms with Gasteiger partial charge in [-0.3, -0.25) is 0 Å². The topological polar surface area (TPSA) is 32.3 Å². The molecule has 0 saturated heterocycles. The van der Waals surface area contributed by atoms with Gasteiger partial charge in [0.1, 0.15) is 6.10 Å². The highest BCUT2D eigenvalue weighted by molar-refractivity contribution is 5.50. The van der Waals surface area contributed by atoms with Crippen LogP contribution in [0.3, 0.4) is 0 Å². The molecular formula is C22H29NO. The summed E-state index contributed by atoms with van der Waals surface area (Å²) in [5, 5.41) is 13.7. The van der Waals surface area contributed by atoms with Gasteiger partial charge in [-0.1, -0.05) is 69.7 Å². The van der Waals surface area contributed by atoms with Gasteiger partial charge in [0.05, 0.1) is 0 Å². The molecule has 1 unspecified atom stereocenters. The Balaban J connectivity index is 1.95. The largest absolute Gasteiger partial charge is 0.382 e. The molecule has 2 heteroatoms. The number of hydrogen-bond acceptors (Lipinski definition) is 2. The van der Waals surface area contributed by atoms with Crippen molar-refractivity contribution in [1.82, 2.24) is 0 Å². The molecule has 2 rings (SSSR count). The van der Waals surface area contributed by atoms with Gasteiger partial charge >= 0.3 is 0 Å². The van der Waals surface area contributed by atoms with E-state index in [0.717, 1.165) is 30.5 Å². The molecule has 0 bridgehead atoms. The molecule has 128 valence electrons. The summed E-state index contributed by atoms with van der Waals surface area (Å²) in [5.74, 6) is 0. The quantitative estimate of drug-likeness (QED) is 0.626. The van der Waals surface area contributed by atoms with Crippen molar-refractivity contribution < 1.29 is 5.11 Å². The summed E-state index contributed by atoms with van der Waals surface area (Å²) in [7, 11) is 0. The van der Waals surface area contributed by atoms with Crippen LogP contribution >= 0.6 is 0 Å². The zero-order chi connectivity index (χ0) is 17.4. The smallest absolute Gasteiger partial charge is 0.118 e. The Bertz CT molecular complexity index is 628. The zero-order valence-corrected chi connectivity index (χ0v) is 14.9. The Kier molecular flexibility index (Phi) is 7.07. The molecule has 0 aliphatic heterocycles. The molecule has 0 saturated carbocycles. The van der Waals surface area contributed by atoms with Gasteiger partial charge in [0.15, 0.2) is 0 Å². The van der Waals surface area contributed by atoms with Crippen LogP contribution in [0.15, 0.2) is 60.8 Å². The summed E-state index contributed by atoms with van der Waals surface area (Å²) >= 11 is 0. The second-order valence-electron chi connectivity index (χ2n) is 6.34. The van der Waals surface area contributed by atoms with E-state index in [1.165, 1.54) is 24.0 Å². The first-order valence-electron chi connectivity index (χ1n) is 8.95. The van der Waals surface area contributed by atoms with Crippen LogP contribution in [0.1, 0.15) is 55.9 Å². The Labute approximate surface area is 146 Å². The molecule has 2 aromatic rings. The predicted octanol–water partition coefficient (Wildman–Crippen LogP) is 5.64. The first-order valence-corrected chi connectivity index (χ1v) is 8.95. The molecule has 0 heterocycles. The molecule has 0 aliphatic rings. The zero-order valence-electron chi connectivity index (χ0n) is 14.9. The SMILES string of the molecule is C=C(Nc1ccc(CCCC)cc1)C(O)c1ccc(CCC)cc1. The third kappa shape index (κ3) is 5.24. The van der Waals surface area contributed by atoms with Gasteiger partial charge in [0.2, 0.25) is 0 Å². The van der Waals surface area contributed by atoms with Crippen molar-refractivity contribution in [3.8, 4) is 0 Å². The summed E-state index contributed by atoms with van der Waals surface area (Å²) in [4.78, 5) is 0. The summed E-state index contributed by atoms with van der Waals surface area (Å²) in [6, 6.07) is 16.5. The Morgan fingerprint density at radius 3 is 2.08 bits per heavy atom. The van der Waals surface area contributed by atoms with E-state index < -0.39 is 6.10 Å². The normalized spacial score (nSPS) is 12.0. The van der Waals surface area contributed by atoms with Gasteiger partial charge in [-0.15, -0.1) is 0 Å². The highest BCUT2D eigenvalue weighted by Gasteiger charge is 2.11. The molecule has 1 atom stereocenters. The first-order chi connectivity index (χ1) is 11.6. The molecule has 2 nitrogen and oxygen atoms in total. The molecule has 0 spiro atoms. The van der Waals surface area contributed by atoms with Crippen LogP contribution in [0.2, 0.25) is 0 Å². The van der Waals surface area contributed by atoms with Crippen molar-refractivity contribution in [2.75, 3.05) is 5.32 Å². The van der Waals surface area contributed by atoms with Gasteiger partial charge in [-0.2, -0.15) is 0 Å². The van der Waals surface area contributed by atoms with E-state index in [1.54, 1.807) is 0 Å². The molecule has 0 aromatic heterocycles. The van der Waals surface area contributed by atoms with Crippen LogP contribution in [-0.2, 0) is 12.8 Å². The van der Waals surface area contributed by atoms with Crippen molar-refractivity contribution in [2.24, 2.45) is 0 Å². The van der Waals surface area contributed by atoms with Crippen LogP contribution in [0.25, 0.3) is 0 Å². The number of anilines is 1. The van der Waals surface area contributed by atoms with Crippen LogP contribution in [0.4, 0.5) is 5.69 Å². The first kappa shape index (κ1) is 18.3. The number of aliphatic hydroxyl groups is 1. The number of nitrogens with one attached hydrogen (secondary N) is 1. The average molecular weight is 323 g/mol. The van der Waals surface area contributed by atoms with Gasteiger partial charge in [0.25, 0.3) is 0 Å². The van der Waals surface area contributed by atoms with Gasteiger partial charge in [-0.25, -0.2) is 0 Å². The fraction of sp³-hybridized carbons (Fsp3) is 0.364. The standard InChI is InChI=1S/C22H29NO/c1-4-6-8-19-11-15-21(16-12-19)23-17(3)22(24)20-13-9-18(7-5-2)10-14-20/h9-16,22-24H,3-8H2,1-2H3. The summed E-state index contributed by atoms with van der Waals surface area (Å²) < 4.78 is 0. The van der Waals surface area contributed by atoms with Gasteiger partial charge in [-0.05, 0) is 48.1 Å². The van der Waals surface area contributed by atoms with Crippen molar-refractivity contribution >= 4 is 5.69 Å². The maximum Gasteiger partial charge on any atom is 0.118 e. The molecule has 2 N–H and O–H groups in total. The lowest BCUT2D eigenvalue weighted by atomic mass is 10.0. The van der Waals surface area contributed by atoms with Crippen LogP contribution in [0, 0.1) is 0 Å². The van der Waals surface area contributed by atoms with E-state index >= 15 is 0 Å². The number of aliphatic hydroxyl groups excluding tert-OH is 1. The van der Waals surface area contributed by atoms with Crippen molar-refractivity contribution in [2.45, 2.75) is 52.1 Å². The average Bonchev–Trinajstić information content (AvgIpc) is 2.61. The maximum atomic E-state index is 10.5. The fourth-order valence-corrected chi connectivity index (χ4v) is 2.75. The lowest BCUT2D eigenvalue weighted by Gasteiger charge is -2.17. The Morgan fingerprint density at radius 2 is 1.50 bits per heavy atom. The highest BCUT2D eigenvalue weighted by atomic mass is 16.3. The van der Waals surface area contributed by atoms with E-state index in [2.05, 4.69) is 50.0 Å². The highest BCUT2D eigenvalue weighted by Crippen LogP contribution is 2.23. The Morgan fingerprint density at radius 1 is 0.917 bits per heavy atom. The van der Waals surface area contributed by atoms with E-state index in [9.17, 15) is 5.11 Å². The van der Waals surface area contributed by atoms with Gasteiger partial charge in [0, 0.05) is 11.4 Å². The summed E-state index contributed by atoms with van der Waals surface area (Å²) in [6.07, 6.45) is 5.03. The van der Waals surface area contributed by atoms with Gasteiger partial charge < -0.3 is 10.4 Å². The van der Waals surface area contributed by atoms with Crippen LogP contribution in [0.5, 0.6) is 0 Å². The lowest BCUT2D eigenvalue weighted by molar-refractivity contribution is 0.217. The third-order valence-corrected chi connectivity index (χ3v) is 4.24. The molecule has 24 heavy (non-hydrogen) atoms. The molecule has 0 fully saturated rings. The number of aryl methyl sites for hydroxylation is 2. The van der Waals surface area contributed by atoms with Crippen molar-refractivity contribution in [3.05, 3.63) is 77.5 Å². The number of hydrogen-bond donors (Lipinski definition) is 2. The monoisotopic (exact) mass is 323 g/mol. The van der Waals surface area contributed by atoms with E-state index in [-0.39, 0.29) is 0 Å². The van der Waals surface area contributed by atoms with Crippen LogP contribution < -0.4 is 5.32 Å². The molecule has 0 amide bonds. The molecular weight excluding hydrogens is 294 g/mol. The lowest BCUT2D eigenvalue weighted by Crippen LogP contribution is -2.09. The van der Waals surface area contributed by atoms with Crippen LogP contribution in [-0.4, -0.2) is 5.11 Å². The third-order valence-electron chi connectivity index (χ3n) is 4.24. The number of rotatable bonds is 9. The van der Waals surface area contributed by atoms with Crippen molar-refractivity contribution in [3.63, 3.8) is 0 Å².